The van der Waals surface area contributed by atoms with Gasteiger partial charge in [-0.05, 0) is 81.5 Å². The zero-order chi connectivity index (χ0) is 30.9. The number of benzene rings is 2. The number of carbonyl (C=O) groups excluding carboxylic acids is 1. The number of unbranched alkanes of at least 4 members (excludes halogenated alkanes) is 9. The summed E-state index contributed by atoms with van der Waals surface area (Å²) >= 11 is 0. The van der Waals surface area contributed by atoms with Gasteiger partial charge in [-0.25, -0.2) is 23.5 Å². The largest absolute Gasteiger partial charge is 0.494 e. The van der Waals surface area contributed by atoms with Crippen LogP contribution in [-0.4, -0.2) is 34.4 Å². The van der Waals surface area contributed by atoms with Crippen LogP contribution in [0, 0.1) is 0 Å². The number of carbonyl (C=O) groups is 1. The van der Waals surface area contributed by atoms with Crippen molar-refractivity contribution in [2.24, 2.45) is 0 Å². The summed E-state index contributed by atoms with van der Waals surface area (Å²) in [4.78, 5) is 21.5. The summed E-state index contributed by atoms with van der Waals surface area (Å²) in [5.74, 6) is 0.872. The molecule has 0 amide bonds. The predicted molar refractivity (Wildman–Crippen MR) is 170 cm³/mol. The molecule has 0 aliphatic rings. The lowest BCUT2D eigenvalue weighted by molar-refractivity contribution is -0.147. The van der Waals surface area contributed by atoms with Crippen LogP contribution in [-0.2, 0) is 4.79 Å². The van der Waals surface area contributed by atoms with Crippen LogP contribution in [0.4, 0.5) is 8.78 Å². The van der Waals surface area contributed by atoms with Crippen LogP contribution >= 0.6 is 0 Å². The van der Waals surface area contributed by atoms with Gasteiger partial charge in [-0.15, -0.1) is 0 Å². The highest BCUT2D eigenvalue weighted by atomic mass is 19.1. The van der Waals surface area contributed by atoms with E-state index < -0.39 is 17.8 Å². The fourth-order valence-corrected chi connectivity index (χ4v) is 4.84. The van der Waals surface area contributed by atoms with Crippen molar-refractivity contribution in [1.82, 2.24) is 9.97 Å². The van der Waals surface area contributed by atoms with E-state index in [4.69, 9.17) is 9.47 Å². The number of alkyl halides is 2. The first kappa shape index (κ1) is 34.1. The summed E-state index contributed by atoms with van der Waals surface area (Å²) in [6.45, 7) is 5.74. The first-order valence-electron chi connectivity index (χ1n) is 16.0. The van der Waals surface area contributed by atoms with E-state index in [0.29, 0.717) is 31.0 Å². The third-order valence-electron chi connectivity index (χ3n) is 7.60. The van der Waals surface area contributed by atoms with Crippen molar-refractivity contribution in [1.29, 1.82) is 0 Å². The minimum atomic E-state index is -2.01. The van der Waals surface area contributed by atoms with Crippen molar-refractivity contribution < 1.29 is 23.0 Å². The van der Waals surface area contributed by atoms with Crippen LogP contribution in [0.5, 0.6) is 11.5 Å². The maximum absolute atomic E-state index is 14.9. The minimum absolute atomic E-state index is 0.166. The van der Waals surface area contributed by atoms with E-state index in [9.17, 15) is 13.6 Å². The molecule has 1 aromatic heterocycles. The van der Waals surface area contributed by atoms with E-state index in [2.05, 4.69) is 16.9 Å². The van der Waals surface area contributed by atoms with E-state index in [1.165, 1.54) is 19.8 Å². The molecular weight excluding hydrogens is 546 g/mol. The molecule has 0 radical (unpaired) electrons. The molecule has 0 bridgehead atoms. The molecule has 0 aliphatic carbocycles. The van der Waals surface area contributed by atoms with Gasteiger partial charge < -0.3 is 9.47 Å². The number of hydrogen-bond acceptors (Lipinski definition) is 5. The molecular formula is C36H48F2N2O3. The Hall–Kier alpha value is -3.35. The van der Waals surface area contributed by atoms with Crippen LogP contribution in [0.3, 0.4) is 0 Å². The lowest BCUT2D eigenvalue weighted by Crippen LogP contribution is -2.34. The second-order valence-corrected chi connectivity index (χ2v) is 11.6. The molecule has 0 saturated carbocycles. The molecule has 234 valence electrons. The zero-order valence-corrected chi connectivity index (χ0v) is 26.1. The number of aromatic nitrogens is 2. The average molecular weight is 595 g/mol. The molecule has 43 heavy (non-hydrogen) atoms. The van der Waals surface area contributed by atoms with Crippen LogP contribution in [0.25, 0.3) is 22.5 Å². The van der Waals surface area contributed by atoms with Crippen LogP contribution in [0.2, 0.25) is 0 Å². The first-order chi connectivity index (χ1) is 20.8. The Morgan fingerprint density at radius 2 is 1.33 bits per heavy atom. The van der Waals surface area contributed by atoms with Crippen molar-refractivity contribution >= 4 is 5.97 Å². The highest BCUT2D eigenvalue weighted by molar-refractivity contribution is 5.81. The molecule has 2 atom stereocenters. The van der Waals surface area contributed by atoms with Gasteiger partial charge >= 0.3 is 5.97 Å². The minimum Gasteiger partial charge on any atom is -0.494 e. The van der Waals surface area contributed by atoms with E-state index in [1.54, 1.807) is 43.6 Å². The highest BCUT2D eigenvalue weighted by Crippen LogP contribution is 2.27. The SMILES string of the molecule is CCCCCCCC[C@](C)(F)C(=O)Oc1ccc(-c2cnc(-c3ccc(OCCCCCCC[C@H](C)F)cc3)nc2)cc1. The fourth-order valence-electron chi connectivity index (χ4n) is 4.84. The second kappa shape index (κ2) is 18.3. The molecule has 3 rings (SSSR count). The van der Waals surface area contributed by atoms with E-state index in [1.807, 2.05) is 24.3 Å². The summed E-state index contributed by atoms with van der Waals surface area (Å²) in [6, 6.07) is 14.7. The van der Waals surface area contributed by atoms with Gasteiger partial charge in [0.15, 0.2) is 5.82 Å². The average Bonchev–Trinajstić information content (AvgIpc) is 3.01. The van der Waals surface area contributed by atoms with Crippen LogP contribution in [0.1, 0.15) is 104 Å². The maximum Gasteiger partial charge on any atom is 0.348 e. The Labute approximate surface area is 256 Å². The molecule has 0 saturated heterocycles. The Morgan fingerprint density at radius 1 is 0.767 bits per heavy atom. The number of hydrogen-bond donors (Lipinski definition) is 0. The Bertz CT molecular complexity index is 1200. The lowest BCUT2D eigenvalue weighted by Gasteiger charge is -2.18. The summed E-state index contributed by atoms with van der Waals surface area (Å²) in [7, 11) is 0. The summed E-state index contributed by atoms with van der Waals surface area (Å²) in [5, 5.41) is 0. The summed E-state index contributed by atoms with van der Waals surface area (Å²) in [5.41, 5.74) is 0.564. The standard InChI is InChI=1S/C36H48F2N2O3/c1-4-5-6-7-10-13-24-36(3,38)35(41)43-33-22-16-29(17-23-33)31-26-39-34(40-27-31)30-18-20-32(21-19-30)42-25-14-11-8-9-12-15-28(2)37/h16-23,26-28H,4-15,24-25H2,1-3H3/t28-,36-/m0/s1. The van der Waals surface area contributed by atoms with E-state index in [-0.39, 0.29) is 6.42 Å². The third-order valence-corrected chi connectivity index (χ3v) is 7.60. The van der Waals surface area contributed by atoms with Crippen molar-refractivity contribution in [3.05, 3.63) is 60.9 Å². The molecule has 0 unspecified atom stereocenters. The molecule has 5 nitrogen and oxygen atoms in total. The Balaban J connectivity index is 1.43. The lowest BCUT2D eigenvalue weighted by atomic mass is 9.99. The zero-order valence-electron chi connectivity index (χ0n) is 26.1. The van der Waals surface area contributed by atoms with Gasteiger partial charge in [0.1, 0.15) is 11.5 Å². The number of rotatable bonds is 20. The molecule has 3 aromatic rings. The van der Waals surface area contributed by atoms with Crippen LogP contribution in [0.15, 0.2) is 60.9 Å². The number of nitrogens with zero attached hydrogens (tertiary/aromatic N) is 2. The molecule has 2 aromatic carbocycles. The molecule has 0 spiro atoms. The molecule has 1 heterocycles. The van der Waals surface area contributed by atoms with E-state index in [0.717, 1.165) is 73.8 Å². The fraction of sp³-hybridized carbons (Fsp3) is 0.528. The Morgan fingerprint density at radius 3 is 1.98 bits per heavy atom. The first-order valence-corrected chi connectivity index (χ1v) is 16.0. The topological polar surface area (TPSA) is 61.3 Å². The smallest absolute Gasteiger partial charge is 0.348 e. The van der Waals surface area contributed by atoms with Gasteiger partial charge in [-0.1, -0.05) is 76.8 Å². The number of halogens is 2. The van der Waals surface area contributed by atoms with Gasteiger partial charge in [0.2, 0.25) is 5.67 Å². The van der Waals surface area contributed by atoms with Crippen molar-refractivity contribution in [3.8, 4) is 34.0 Å². The molecule has 0 aliphatic heterocycles. The normalized spacial score (nSPS) is 13.3. The number of esters is 1. The van der Waals surface area contributed by atoms with Gasteiger partial charge in [0.05, 0.1) is 12.8 Å². The van der Waals surface area contributed by atoms with Gasteiger partial charge in [-0.2, -0.15) is 0 Å². The monoisotopic (exact) mass is 594 g/mol. The van der Waals surface area contributed by atoms with Gasteiger partial charge in [0.25, 0.3) is 0 Å². The molecule has 7 heteroatoms. The predicted octanol–water partition coefficient (Wildman–Crippen LogP) is 10.3. The van der Waals surface area contributed by atoms with Gasteiger partial charge in [-0.3, -0.25) is 0 Å². The quantitative estimate of drug-likeness (QED) is 0.0740. The number of ether oxygens (including phenoxy) is 2. The van der Waals surface area contributed by atoms with Crippen LogP contribution < -0.4 is 9.47 Å². The van der Waals surface area contributed by atoms with Crippen molar-refractivity contribution in [3.63, 3.8) is 0 Å². The molecule has 0 fully saturated rings. The van der Waals surface area contributed by atoms with E-state index >= 15 is 0 Å². The second-order valence-electron chi connectivity index (χ2n) is 11.6. The summed E-state index contributed by atoms with van der Waals surface area (Å²) < 4.78 is 38.9. The van der Waals surface area contributed by atoms with Crippen molar-refractivity contribution in [2.45, 2.75) is 116 Å². The third kappa shape index (κ3) is 12.4. The summed E-state index contributed by atoms with van der Waals surface area (Å²) in [6.07, 6.45) is 15.0. The van der Waals surface area contributed by atoms with Crippen molar-refractivity contribution in [2.75, 3.05) is 6.61 Å². The highest BCUT2D eigenvalue weighted by Gasteiger charge is 2.34. The maximum atomic E-state index is 14.9. The Kier molecular flexibility index (Phi) is 14.6. The van der Waals surface area contributed by atoms with Gasteiger partial charge in [0, 0.05) is 23.5 Å². The molecule has 0 N–H and O–H groups in total.